The fourth-order valence-electron chi connectivity index (χ4n) is 1.37. The van der Waals surface area contributed by atoms with Gasteiger partial charge in [0.05, 0.1) is 22.6 Å². The Balaban J connectivity index is 2.88. The zero-order chi connectivity index (χ0) is 13.8. The normalized spacial score (nSPS) is 13.3. The van der Waals surface area contributed by atoms with Gasteiger partial charge in [-0.3, -0.25) is 0 Å². The zero-order valence-electron chi connectivity index (χ0n) is 10.4. The second-order valence-corrected chi connectivity index (χ2v) is 6.15. The van der Waals surface area contributed by atoms with Gasteiger partial charge in [0, 0.05) is 13.6 Å². The summed E-state index contributed by atoms with van der Waals surface area (Å²) in [6.07, 6.45) is -0.157. The standard InChI is InChI=1S/C12H16N2O3S/c1-10(15)7-8-14(2)18(16,17)12-5-3-11(9-13)4-6-12/h3-6,10,15H,7-8H2,1-2H3. The molecule has 18 heavy (non-hydrogen) atoms. The van der Waals surface area contributed by atoms with Crippen molar-refractivity contribution in [1.82, 2.24) is 4.31 Å². The molecule has 0 heterocycles. The van der Waals surface area contributed by atoms with Crippen molar-refractivity contribution in [3.63, 3.8) is 0 Å². The molecule has 0 radical (unpaired) electrons. The van der Waals surface area contributed by atoms with E-state index in [0.717, 1.165) is 0 Å². The molecule has 0 saturated carbocycles. The van der Waals surface area contributed by atoms with E-state index in [1.54, 1.807) is 6.92 Å². The van der Waals surface area contributed by atoms with Gasteiger partial charge in [-0.2, -0.15) is 5.26 Å². The van der Waals surface area contributed by atoms with Gasteiger partial charge in [-0.1, -0.05) is 0 Å². The fourth-order valence-corrected chi connectivity index (χ4v) is 2.56. The van der Waals surface area contributed by atoms with E-state index in [2.05, 4.69) is 0 Å². The minimum Gasteiger partial charge on any atom is -0.393 e. The third-order valence-corrected chi connectivity index (χ3v) is 4.42. The molecular weight excluding hydrogens is 252 g/mol. The Bertz CT molecular complexity index is 529. The summed E-state index contributed by atoms with van der Waals surface area (Å²) in [6.45, 7) is 1.86. The highest BCUT2D eigenvalue weighted by atomic mass is 32.2. The predicted octanol–water partition coefficient (Wildman–Crippen LogP) is 0.950. The van der Waals surface area contributed by atoms with Gasteiger partial charge in [0.25, 0.3) is 0 Å². The highest BCUT2D eigenvalue weighted by molar-refractivity contribution is 7.89. The van der Waals surface area contributed by atoms with Crippen molar-refractivity contribution in [2.24, 2.45) is 0 Å². The summed E-state index contributed by atoms with van der Waals surface area (Å²) in [5.74, 6) is 0. The van der Waals surface area contributed by atoms with E-state index in [-0.39, 0.29) is 11.4 Å². The number of aliphatic hydroxyl groups is 1. The minimum absolute atomic E-state index is 0.148. The van der Waals surface area contributed by atoms with E-state index in [0.29, 0.717) is 12.0 Å². The number of aliphatic hydroxyl groups excluding tert-OH is 1. The summed E-state index contributed by atoms with van der Waals surface area (Å²) in [5.41, 5.74) is 0.417. The summed E-state index contributed by atoms with van der Waals surface area (Å²) in [4.78, 5) is 0.148. The Morgan fingerprint density at radius 3 is 2.39 bits per heavy atom. The number of benzene rings is 1. The monoisotopic (exact) mass is 268 g/mol. The van der Waals surface area contributed by atoms with Crippen LogP contribution in [0.15, 0.2) is 29.2 Å². The molecule has 0 aromatic heterocycles. The Labute approximate surface area is 107 Å². The van der Waals surface area contributed by atoms with Crippen LogP contribution < -0.4 is 0 Å². The highest BCUT2D eigenvalue weighted by Crippen LogP contribution is 2.15. The van der Waals surface area contributed by atoms with Crippen molar-refractivity contribution in [3.8, 4) is 6.07 Å². The first kappa shape index (κ1) is 14.6. The smallest absolute Gasteiger partial charge is 0.242 e. The molecule has 0 fully saturated rings. The van der Waals surface area contributed by atoms with Crippen LogP contribution in [-0.4, -0.2) is 37.5 Å². The molecule has 5 nitrogen and oxygen atoms in total. The van der Waals surface area contributed by atoms with Gasteiger partial charge in [0.2, 0.25) is 10.0 Å². The van der Waals surface area contributed by atoms with Crippen LogP contribution in [0, 0.1) is 11.3 Å². The van der Waals surface area contributed by atoms with Gasteiger partial charge in [-0.25, -0.2) is 12.7 Å². The quantitative estimate of drug-likeness (QED) is 0.862. The first-order chi connectivity index (χ1) is 8.37. The second-order valence-electron chi connectivity index (χ2n) is 4.10. The van der Waals surface area contributed by atoms with E-state index in [9.17, 15) is 8.42 Å². The molecule has 1 aromatic carbocycles. The summed E-state index contributed by atoms with van der Waals surface area (Å²) >= 11 is 0. The third-order valence-electron chi connectivity index (χ3n) is 2.55. The van der Waals surface area contributed by atoms with Crippen molar-refractivity contribution in [2.45, 2.75) is 24.3 Å². The molecule has 1 unspecified atom stereocenters. The van der Waals surface area contributed by atoms with Gasteiger partial charge in [0.15, 0.2) is 0 Å². The number of sulfonamides is 1. The molecule has 1 rings (SSSR count). The lowest BCUT2D eigenvalue weighted by Gasteiger charge is -2.17. The van der Waals surface area contributed by atoms with Crippen LogP contribution in [0.4, 0.5) is 0 Å². The Kier molecular flexibility index (Phi) is 4.84. The SMILES string of the molecule is CC(O)CCN(C)S(=O)(=O)c1ccc(C#N)cc1. The van der Waals surface area contributed by atoms with Crippen LogP contribution in [0.2, 0.25) is 0 Å². The maximum absolute atomic E-state index is 12.1. The third kappa shape index (κ3) is 3.53. The van der Waals surface area contributed by atoms with Crippen molar-refractivity contribution < 1.29 is 13.5 Å². The molecule has 0 amide bonds. The molecule has 1 atom stereocenters. The lowest BCUT2D eigenvalue weighted by Crippen LogP contribution is -2.29. The molecule has 0 saturated heterocycles. The van der Waals surface area contributed by atoms with E-state index >= 15 is 0 Å². The summed E-state index contributed by atoms with van der Waals surface area (Å²) in [7, 11) is -2.08. The first-order valence-corrected chi connectivity index (χ1v) is 6.96. The lowest BCUT2D eigenvalue weighted by molar-refractivity contribution is 0.177. The van der Waals surface area contributed by atoms with Gasteiger partial charge in [-0.15, -0.1) is 0 Å². The van der Waals surface area contributed by atoms with Crippen molar-refractivity contribution in [3.05, 3.63) is 29.8 Å². The molecule has 98 valence electrons. The maximum Gasteiger partial charge on any atom is 0.242 e. The molecule has 6 heteroatoms. The summed E-state index contributed by atoms with van der Waals surface area (Å²) < 4.78 is 25.4. The van der Waals surface area contributed by atoms with Gasteiger partial charge in [0.1, 0.15) is 0 Å². The van der Waals surface area contributed by atoms with Crippen LogP contribution in [0.1, 0.15) is 18.9 Å². The average molecular weight is 268 g/mol. The van der Waals surface area contributed by atoms with Crippen LogP contribution in [0.25, 0.3) is 0 Å². The largest absolute Gasteiger partial charge is 0.393 e. The molecule has 1 N–H and O–H groups in total. The first-order valence-electron chi connectivity index (χ1n) is 5.52. The second kappa shape index (κ2) is 5.96. The Morgan fingerprint density at radius 2 is 1.94 bits per heavy atom. The molecule has 0 aliphatic heterocycles. The predicted molar refractivity (Wildman–Crippen MR) is 67.3 cm³/mol. The molecular formula is C12H16N2O3S. The van der Waals surface area contributed by atoms with Crippen LogP contribution in [-0.2, 0) is 10.0 Å². The summed E-state index contributed by atoms with van der Waals surface area (Å²) in [6, 6.07) is 7.69. The number of hydrogen-bond acceptors (Lipinski definition) is 4. The van der Waals surface area contributed by atoms with E-state index in [1.165, 1.54) is 35.6 Å². The molecule has 0 bridgehead atoms. The lowest BCUT2D eigenvalue weighted by atomic mass is 10.2. The van der Waals surface area contributed by atoms with Gasteiger partial charge >= 0.3 is 0 Å². The molecule has 0 spiro atoms. The van der Waals surface area contributed by atoms with E-state index in [4.69, 9.17) is 10.4 Å². The van der Waals surface area contributed by atoms with Crippen molar-refractivity contribution in [1.29, 1.82) is 5.26 Å². The number of hydrogen-bond donors (Lipinski definition) is 1. The van der Waals surface area contributed by atoms with Crippen molar-refractivity contribution >= 4 is 10.0 Å². The minimum atomic E-state index is -3.55. The molecule has 1 aromatic rings. The number of nitriles is 1. The highest BCUT2D eigenvalue weighted by Gasteiger charge is 2.20. The van der Waals surface area contributed by atoms with Crippen LogP contribution in [0.5, 0.6) is 0 Å². The van der Waals surface area contributed by atoms with E-state index < -0.39 is 16.1 Å². The fraction of sp³-hybridized carbons (Fsp3) is 0.417. The van der Waals surface area contributed by atoms with Gasteiger partial charge in [-0.05, 0) is 37.6 Å². The van der Waals surface area contributed by atoms with E-state index in [1.807, 2.05) is 6.07 Å². The van der Waals surface area contributed by atoms with Gasteiger partial charge < -0.3 is 5.11 Å². The topological polar surface area (TPSA) is 81.4 Å². The van der Waals surface area contributed by atoms with Crippen molar-refractivity contribution in [2.75, 3.05) is 13.6 Å². The number of rotatable bonds is 5. The number of nitrogens with zero attached hydrogens (tertiary/aromatic N) is 2. The van der Waals surface area contributed by atoms with Crippen LogP contribution in [0.3, 0.4) is 0 Å². The zero-order valence-corrected chi connectivity index (χ0v) is 11.2. The van der Waals surface area contributed by atoms with Crippen LogP contribution >= 0.6 is 0 Å². The summed E-state index contributed by atoms with van der Waals surface area (Å²) in [5, 5.41) is 17.8. The Hall–Kier alpha value is -1.42. The molecule has 0 aliphatic carbocycles. The molecule has 0 aliphatic rings. The maximum atomic E-state index is 12.1. The Morgan fingerprint density at radius 1 is 1.39 bits per heavy atom. The average Bonchev–Trinajstić information content (AvgIpc) is 2.35.